The van der Waals surface area contributed by atoms with E-state index >= 15 is 0 Å². The number of hydrogen-bond acceptors (Lipinski definition) is 5. The van der Waals surface area contributed by atoms with Gasteiger partial charge in [0.2, 0.25) is 5.91 Å². The molecule has 3 aromatic rings. The second kappa shape index (κ2) is 11.6. The lowest BCUT2D eigenvalue weighted by molar-refractivity contribution is -0.113. The first kappa shape index (κ1) is 25.7. The fourth-order valence-electron chi connectivity index (χ4n) is 4.60. The Morgan fingerprint density at radius 2 is 1.94 bits per heavy atom. The number of carbonyl (C=O) groups excluding carboxylic acids is 2. The van der Waals surface area contributed by atoms with Gasteiger partial charge in [-0.2, -0.15) is 0 Å². The second-order valence-electron chi connectivity index (χ2n) is 9.06. The van der Waals surface area contributed by atoms with Crippen LogP contribution in [0.5, 0.6) is 0 Å². The minimum absolute atomic E-state index is 0.00388. The summed E-state index contributed by atoms with van der Waals surface area (Å²) in [6.07, 6.45) is 4.37. The molecule has 0 radical (unpaired) electrons. The average molecular weight is 504 g/mol. The zero-order chi connectivity index (χ0) is 25.7. The topological polar surface area (TPSA) is 80.1 Å². The number of aryl methyl sites for hydroxylation is 3. The first-order chi connectivity index (χ1) is 17.4. The van der Waals surface area contributed by atoms with Crippen molar-refractivity contribution in [1.82, 2.24) is 19.7 Å². The quantitative estimate of drug-likeness (QED) is 0.314. The van der Waals surface area contributed by atoms with E-state index < -0.39 is 0 Å². The lowest BCUT2D eigenvalue weighted by Gasteiger charge is -2.24. The van der Waals surface area contributed by atoms with Gasteiger partial charge in [0.15, 0.2) is 11.0 Å². The molecule has 0 bridgehead atoms. The van der Waals surface area contributed by atoms with Crippen molar-refractivity contribution >= 4 is 29.3 Å². The molecule has 8 heteroatoms. The number of anilines is 1. The van der Waals surface area contributed by atoms with E-state index in [2.05, 4.69) is 29.0 Å². The molecule has 1 aliphatic heterocycles. The number of likely N-dealkylation sites (tertiary alicyclic amines) is 1. The molecule has 1 aliphatic rings. The van der Waals surface area contributed by atoms with Crippen LogP contribution in [0.15, 0.2) is 60.3 Å². The van der Waals surface area contributed by atoms with E-state index in [4.69, 9.17) is 0 Å². The highest BCUT2D eigenvalue weighted by Crippen LogP contribution is 2.34. The third-order valence-electron chi connectivity index (χ3n) is 6.50. The van der Waals surface area contributed by atoms with Crippen LogP contribution in [0.3, 0.4) is 0 Å². The van der Waals surface area contributed by atoms with E-state index in [1.165, 1.54) is 11.8 Å². The largest absolute Gasteiger partial charge is 0.328 e. The Kier molecular flexibility index (Phi) is 8.25. The second-order valence-corrected chi connectivity index (χ2v) is 10.0. The van der Waals surface area contributed by atoms with Crippen molar-refractivity contribution in [2.24, 2.45) is 0 Å². The van der Waals surface area contributed by atoms with Gasteiger partial charge in [-0.05, 0) is 56.4 Å². The number of aromatic nitrogens is 3. The predicted molar refractivity (Wildman–Crippen MR) is 144 cm³/mol. The van der Waals surface area contributed by atoms with Crippen LogP contribution in [0.1, 0.15) is 58.7 Å². The molecule has 1 saturated heterocycles. The molecule has 36 heavy (non-hydrogen) atoms. The highest BCUT2D eigenvalue weighted by atomic mass is 32.2. The number of nitrogens with zero attached hydrogens (tertiary/aromatic N) is 4. The number of thioether (sulfide) groups is 1. The summed E-state index contributed by atoms with van der Waals surface area (Å²) in [5.74, 6) is 0.867. The highest BCUT2D eigenvalue weighted by Gasteiger charge is 2.34. The first-order valence-electron chi connectivity index (χ1n) is 12.4. The third-order valence-corrected chi connectivity index (χ3v) is 7.47. The molecule has 1 fully saturated rings. The summed E-state index contributed by atoms with van der Waals surface area (Å²) >= 11 is 1.35. The molecule has 4 rings (SSSR count). The Balaban J connectivity index is 1.49. The van der Waals surface area contributed by atoms with Gasteiger partial charge in [-0.1, -0.05) is 60.7 Å². The summed E-state index contributed by atoms with van der Waals surface area (Å²) in [5.41, 5.74) is 4.84. The molecular formula is C28H33N5O2S. The van der Waals surface area contributed by atoms with Crippen LogP contribution in [-0.2, 0) is 17.8 Å². The molecule has 1 atom stereocenters. The predicted octanol–water partition coefficient (Wildman–Crippen LogP) is 5.35. The summed E-state index contributed by atoms with van der Waals surface area (Å²) in [7, 11) is 0. The molecule has 1 aromatic heterocycles. The standard InChI is InChI=1S/C28H33N5O2S/c1-5-16-33-26(23-11-8-17-32(23)27(35)22-14-12-19(3)13-15-22)30-31-28(33)36-18-24(34)29-25-20(4)9-7-10-21(25)6-2/h5,7,9-10,12-15,23H,1,6,8,11,16-18H2,2-4H3,(H,29,34). The van der Waals surface area contributed by atoms with Crippen molar-refractivity contribution < 1.29 is 9.59 Å². The first-order valence-corrected chi connectivity index (χ1v) is 13.3. The molecular weight excluding hydrogens is 470 g/mol. The minimum atomic E-state index is -0.159. The van der Waals surface area contributed by atoms with Gasteiger partial charge < -0.3 is 14.8 Å². The van der Waals surface area contributed by atoms with Gasteiger partial charge in [-0.25, -0.2) is 0 Å². The van der Waals surface area contributed by atoms with Gasteiger partial charge in [0.1, 0.15) is 0 Å². The van der Waals surface area contributed by atoms with Gasteiger partial charge in [0.05, 0.1) is 11.8 Å². The highest BCUT2D eigenvalue weighted by molar-refractivity contribution is 7.99. The Morgan fingerprint density at radius 1 is 1.17 bits per heavy atom. The molecule has 0 saturated carbocycles. The van der Waals surface area contributed by atoms with Crippen LogP contribution >= 0.6 is 11.8 Å². The van der Waals surface area contributed by atoms with Crippen molar-refractivity contribution in [3.8, 4) is 0 Å². The van der Waals surface area contributed by atoms with Crippen LogP contribution in [0.2, 0.25) is 0 Å². The normalized spacial score (nSPS) is 15.2. The number of amides is 2. The molecule has 1 N–H and O–H groups in total. The van der Waals surface area contributed by atoms with Gasteiger partial charge in [0.25, 0.3) is 5.91 Å². The summed E-state index contributed by atoms with van der Waals surface area (Å²) in [6, 6.07) is 13.5. The Morgan fingerprint density at radius 3 is 2.67 bits per heavy atom. The smallest absolute Gasteiger partial charge is 0.254 e. The number of allylic oxidation sites excluding steroid dienone is 1. The summed E-state index contributed by atoms with van der Waals surface area (Å²) in [5, 5.41) is 12.6. The summed E-state index contributed by atoms with van der Waals surface area (Å²) in [6.45, 7) is 11.2. The van der Waals surface area contributed by atoms with Crippen LogP contribution in [0.25, 0.3) is 0 Å². The van der Waals surface area contributed by atoms with Crippen molar-refractivity contribution in [1.29, 1.82) is 0 Å². The van der Waals surface area contributed by atoms with Crippen molar-refractivity contribution in [2.45, 2.75) is 57.8 Å². The lowest BCUT2D eigenvalue weighted by atomic mass is 10.1. The maximum absolute atomic E-state index is 13.3. The number of carbonyl (C=O) groups is 2. The number of rotatable bonds is 9. The zero-order valence-electron chi connectivity index (χ0n) is 21.2. The minimum Gasteiger partial charge on any atom is -0.328 e. The average Bonchev–Trinajstić information content (AvgIpc) is 3.51. The lowest BCUT2D eigenvalue weighted by Crippen LogP contribution is -2.32. The van der Waals surface area contributed by atoms with Crippen molar-refractivity contribution in [3.63, 3.8) is 0 Å². The van der Waals surface area contributed by atoms with E-state index in [1.807, 2.05) is 65.8 Å². The van der Waals surface area contributed by atoms with Gasteiger partial charge in [-0.15, -0.1) is 16.8 Å². The molecule has 188 valence electrons. The maximum atomic E-state index is 13.3. The summed E-state index contributed by atoms with van der Waals surface area (Å²) < 4.78 is 1.97. The fraction of sp³-hybridized carbons (Fsp3) is 0.357. The molecule has 0 aliphatic carbocycles. The van der Waals surface area contributed by atoms with Crippen LogP contribution in [0, 0.1) is 13.8 Å². The number of benzene rings is 2. The molecule has 2 aromatic carbocycles. The Hall–Kier alpha value is -3.39. The molecule has 0 spiro atoms. The molecule has 2 heterocycles. The number of para-hydroxylation sites is 1. The molecule has 2 amide bonds. The Bertz CT molecular complexity index is 1250. The van der Waals surface area contributed by atoms with E-state index in [1.54, 1.807) is 6.08 Å². The van der Waals surface area contributed by atoms with Crippen molar-refractivity contribution in [3.05, 3.63) is 83.2 Å². The number of nitrogens with one attached hydrogen (secondary N) is 1. The van der Waals surface area contributed by atoms with Crippen LogP contribution in [0.4, 0.5) is 5.69 Å². The molecule has 7 nitrogen and oxygen atoms in total. The SMILES string of the molecule is C=CCn1c(SCC(=O)Nc2c(C)cccc2CC)nnc1C1CCCN1C(=O)c1ccc(C)cc1. The Labute approximate surface area is 217 Å². The van der Waals surface area contributed by atoms with E-state index in [0.29, 0.717) is 23.8 Å². The van der Waals surface area contributed by atoms with Gasteiger partial charge >= 0.3 is 0 Å². The van der Waals surface area contributed by atoms with E-state index in [-0.39, 0.29) is 23.6 Å². The van der Waals surface area contributed by atoms with E-state index in [9.17, 15) is 9.59 Å². The third kappa shape index (κ3) is 5.54. The van der Waals surface area contributed by atoms with Crippen molar-refractivity contribution in [2.75, 3.05) is 17.6 Å². The van der Waals surface area contributed by atoms with Gasteiger partial charge in [0, 0.05) is 24.3 Å². The van der Waals surface area contributed by atoms with E-state index in [0.717, 1.165) is 47.5 Å². The van der Waals surface area contributed by atoms with Crippen LogP contribution < -0.4 is 5.32 Å². The fourth-order valence-corrected chi connectivity index (χ4v) is 5.36. The monoisotopic (exact) mass is 503 g/mol. The zero-order valence-corrected chi connectivity index (χ0v) is 22.0. The van der Waals surface area contributed by atoms with Gasteiger partial charge in [-0.3, -0.25) is 9.59 Å². The number of hydrogen-bond donors (Lipinski definition) is 1. The van der Waals surface area contributed by atoms with Crippen LogP contribution in [-0.4, -0.2) is 43.8 Å². The summed E-state index contributed by atoms with van der Waals surface area (Å²) in [4.78, 5) is 28.0. The maximum Gasteiger partial charge on any atom is 0.254 e. The molecule has 1 unspecified atom stereocenters.